The number of hydrogen-bond donors (Lipinski definition) is 0. The zero-order valence-electron chi connectivity index (χ0n) is 35.1. The van der Waals surface area contributed by atoms with Gasteiger partial charge < -0.3 is 4.74 Å². The predicted octanol–water partition coefficient (Wildman–Crippen LogP) is 15.5. The second-order valence-corrected chi connectivity index (χ2v) is 19.4. The van der Waals surface area contributed by atoms with E-state index in [1.807, 2.05) is 0 Å². The molecule has 4 rings (SSSR count). The molecule has 0 aromatic rings. The van der Waals surface area contributed by atoms with Gasteiger partial charge in [0.15, 0.2) is 0 Å². The number of rotatable bonds is 25. The number of esters is 1. The molecular weight excluding hydrogens is 621 g/mol. The molecule has 0 amide bonds. The minimum atomic E-state index is 0.0619. The molecule has 0 bridgehead atoms. The molecule has 0 N–H and O–H groups in total. The van der Waals surface area contributed by atoms with E-state index >= 15 is 0 Å². The highest BCUT2D eigenvalue weighted by atomic mass is 16.5. The highest BCUT2D eigenvalue weighted by Crippen LogP contribution is 2.67. The Morgan fingerprint density at radius 3 is 2.02 bits per heavy atom. The number of allylic oxidation sites excluding steroid dienone is 3. The number of unbranched alkanes of at least 4 members (excludes halogenated alkanes) is 15. The Morgan fingerprint density at radius 2 is 1.37 bits per heavy atom. The van der Waals surface area contributed by atoms with E-state index in [0.29, 0.717) is 17.3 Å². The van der Waals surface area contributed by atoms with Crippen molar-refractivity contribution < 1.29 is 9.53 Å². The van der Waals surface area contributed by atoms with Gasteiger partial charge in [-0.25, -0.2) is 0 Å². The van der Waals surface area contributed by atoms with Crippen LogP contribution in [0, 0.1) is 46.3 Å². The summed E-state index contributed by atoms with van der Waals surface area (Å²) >= 11 is 0. The van der Waals surface area contributed by atoms with E-state index in [9.17, 15) is 4.79 Å². The molecule has 3 fully saturated rings. The summed E-state index contributed by atoms with van der Waals surface area (Å²) in [5, 5.41) is 0. The van der Waals surface area contributed by atoms with Gasteiger partial charge in [0.25, 0.3) is 0 Å². The van der Waals surface area contributed by atoms with Crippen LogP contribution in [0.1, 0.15) is 228 Å². The third kappa shape index (κ3) is 12.8. The van der Waals surface area contributed by atoms with Crippen LogP contribution in [-0.2, 0) is 9.53 Å². The van der Waals surface area contributed by atoms with Crippen molar-refractivity contribution in [2.45, 2.75) is 234 Å². The lowest BCUT2D eigenvalue weighted by atomic mass is 9.47. The van der Waals surface area contributed by atoms with Gasteiger partial charge in [-0.1, -0.05) is 162 Å². The third-order valence-corrected chi connectivity index (χ3v) is 15.2. The van der Waals surface area contributed by atoms with Gasteiger partial charge in [-0.3, -0.25) is 4.79 Å². The van der Waals surface area contributed by atoms with Gasteiger partial charge in [0, 0.05) is 12.8 Å². The lowest BCUT2D eigenvalue weighted by Crippen LogP contribution is -2.51. The van der Waals surface area contributed by atoms with E-state index in [1.54, 1.807) is 5.57 Å². The highest BCUT2D eigenvalue weighted by molar-refractivity contribution is 5.69. The summed E-state index contributed by atoms with van der Waals surface area (Å²) in [7, 11) is 0. The van der Waals surface area contributed by atoms with Crippen LogP contribution in [0.15, 0.2) is 23.8 Å². The van der Waals surface area contributed by atoms with Crippen LogP contribution in [0.2, 0.25) is 0 Å². The Morgan fingerprint density at radius 1 is 0.745 bits per heavy atom. The van der Waals surface area contributed by atoms with Crippen molar-refractivity contribution in [1.82, 2.24) is 0 Å². The molecule has 8 atom stereocenters. The summed E-state index contributed by atoms with van der Waals surface area (Å²) in [6.07, 6.45) is 45.4. The topological polar surface area (TPSA) is 26.3 Å². The maximum Gasteiger partial charge on any atom is 0.306 e. The Labute approximate surface area is 318 Å². The smallest absolute Gasteiger partial charge is 0.306 e. The SMILES string of the molecule is CCCCCCCCC=CCCCCCCCCCCCC(=O)O[C@H]1CC[C@@]2(C)C(=CCC3C4CCC([C@H](C)CCCC(C)C)[C@@]4(C)CCC32)C1. The number of hydrogen-bond acceptors (Lipinski definition) is 2. The van der Waals surface area contributed by atoms with Gasteiger partial charge in [-0.15, -0.1) is 0 Å². The number of carbonyl (C=O) groups excluding carboxylic acids is 1. The summed E-state index contributed by atoms with van der Waals surface area (Å²) < 4.78 is 6.15. The van der Waals surface area contributed by atoms with Crippen LogP contribution in [0.3, 0.4) is 0 Å². The van der Waals surface area contributed by atoms with Gasteiger partial charge in [-0.2, -0.15) is 0 Å². The Balaban J connectivity index is 1.04. The van der Waals surface area contributed by atoms with Gasteiger partial charge >= 0.3 is 5.97 Å². The minimum Gasteiger partial charge on any atom is -0.462 e. The predicted molar refractivity (Wildman–Crippen MR) is 221 cm³/mol. The maximum atomic E-state index is 12.9. The van der Waals surface area contributed by atoms with Crippen LogP contribution in [0.25, 0.3) is 0 Å². The van der Waals surface area contributed by atoms with Gasteiger partial charge in [0.1, 0.15) is 6.10 Å². The van der Waals surface area contributed by atoms with Crippen molar-refractivity contribution in [2.75, 3.05) is 0 Å². The fourth-order valence-electron chi connectivity index (χ4n) is 12.0. The second kappa shape index (κ2) is 22.4. The highest BCUT2D eigenvalue weighted by Gasteiger charge is 2.59. The van der Waals surface area contributed by atoms with Crippen LogP contribution < -0.4 is 0 Å². The normalized spacial score (nSPS) is 31.0. The molecule has 0 aromatic carbocycles. The molecular formula is C49H86O2. The number of carbonyl (C=O) groups is 1. The monoisotopic (exact) mass is 707 g/mol. The van der Waals surface area contributed by atoms with Crippen molar-refractivity contribution in [3.63, 3.8) is 0 Å². The molecule has 0 spiro atoms. The van der Waals surface area contributed by atoms with E-state index in [1.165, 1.54) is 161 Å². The first-order valence-corrected chi connectivity index (χ1v) is 23.2. The molecule has 2 nitrogen and oxygen atoms in total. The number of ether oxygens (including phenoxy) is 1. The van der Waals surface area contributed by atoms with Crippen LogP contribution in [0.5, 0.6) is 0 Å². The molecule has 0 saturated heterocycles. The average molecular weight is 707 g/mol. The van der Waals surface area contributed by atoms with Gasteiger partial charge in [-0.05, 0) is 123 Å². The Hall–Kier alpha value is -1.05. The van der Waals surface area contributed by atoms with Crippen molar-refractivity contribution in [3.05, 3.63) is 23.8 Å². The lowest BCUT2D eigenvalue weighted by Gasteiger charge is -2.58. The molecule has 3 saturated carbocycles. The first-order valence-electron chi connectivity index (χ1n) is 23.2. The maximum absolute atomic E-state index is 12.9. The summed E-state index contributed by atoms with van der Waals surface area (Å²) in [6, 6.07) is 0. The average Bonchev–Trinajstić information content (AvgIpc) is 3.46. The summed E-state index contributed by atoms with van der Waals surface area (Å²) in [5.41, 5.74) is 2.53. The fourth-order valence-corrected chi connectivity index (χ4v) is 12.0. The van der Waals surface area contributed by atoms with Gasteiger partial charge in [0.05, 0.1) is 0 Å². The zero-order valence-corrected chi connectivity index (χ0v) is 35.1. The molecule has 294 valence electrons. The van der Waals surface area contributed by atoms with E-state index in [2.05, 4.69) is 59.8 Å². The summed E-state index contributed by atoms with van der Waals surface area (Å²) in [4.78, 5) is 12.9. The van der Waals surface area contributed by atoms with Crippen LogP contribution >= 0.6 is 0 Å². The fraction of sp³-hybridized carbons (Fsp3) is 0.898. The van der Waals surface area contributed by atoms with Crippen LogP contribution in [0.4, 0.5) is 0 Å². The largest absolute Gasteiger partial charge is 0.462 e. The summed E-state index contributed by atoms with van der Waals surface area (Å²) in [6.45, 7) is 15.0. The zero-order chi connectivity index (χ0) is 36.5. The van der Waals surface area contributed by atoms with Crippen molar-refractivity contribution >= 4 is 5.97 Å². The molecule has 0 radical (unpaired) electrons. The second-order valence-electron chi connectivity index (χ2n) is 19.4. The first kappa shape index (κ1) is 42.7. The van der Waals surface area contributed by atoms with E-state index < -0.39 is 0 Å². The third-order valence-electron chi connectivity index (χ3n) is 15.2. The molecule has 0 aromatic heterocycles. The lowest BCUT2D eigenvalue weighted by molar-refractivity contribution is -0.151. The molecule has 0 aliphatic heterocycles. The van der Waals surface area contributed by atoms with Gasteiger partial charge in [0.2, 0.25) is 0 Å². The molecule has 4 aliphatic rings. The Bertz CT molecular complexity index is 1040. The van der Waals surface area contributed by atoms with Crippen molar-refractivity contribution in [2.24, 2.45) is 46.3 Å². The quantitative estimate of drug-likeness (QED) is 0.0537. The van der Waals surface area contributed by atoms with Crippen molar-refractivity contribution in [1.29, 1.82) is 0 Å². The first-order chi connectivity index (χ1) is 24.7. The molecule has 4 unspecified atom stereocenters. The summed E-state index contributed by atoms with van der Waals surface area (Å²) in [5.74, 6) is 5.32. The minimum absolute atomic E-state index is 0.0619. The molecule has 2 heteroatoms. The molecule has 4 aliphatic carbocycles. The van der Waals surface area contributed by atoms with Crippen LogP contribution in [-0.4, -0.2) is 12.1 Å². The number of fused-ring (bicyclic) bond motifs is 5. The van der Waals surface area contributed by atoms with E-state index in [-0.39, 0.29) is 12.1 Å². The Kier molecular flexibility index (Phi) is 18.7. The van der Waals surface area contributed by atoms with E-state index in [4.69, 9.17) is 4.74 Å². The van der Waals surface area contributed by atoms with Crippen molar-refractivity contribution in [3.8, 4) is 0 Å². The standard InChI is InChI=1S/C49H86O2/c1-7-8-9-10-11-12-13-14-15-16-17-18-19-20-21-22-23-24-25-29-47(50)51-42-34-36-48(5)41(38-42)30-31-43-45-33-32-44(40(4)28-26-27-39(2)3)49(45,6)37-35-46(43)48/h14-15,30,39-40,42-46H,7-13,16-29,31-38H2,1-6H3/t40-,42+,43?,44?,45?,46?,48+,49-/m1/s1. The molecule has 0 heterocycles. The molecule has 51 heavy (non-hydrogen) atoms. The van der Waals surface area contributed by atoms with E-state index in [0.717, 1.165) is 54.8 Å².